The van der Waals surface area contributed by atoms with Gasteiger partial charge in [-0.3, -0.25) is 4.79 Å². The van der Waals surface area contributed by atoms with Gasteiger partial charge in [-0.05, 0) is 32.6 Å². The van der Waals surface area contributed by atoms with Crippen LogP contribution in [-0.4, -0.2) is 47.2 Å². The van der Waals surface area contributed by atoms with E-state index in [-0.39, 0.29) is 5.91 Å². The summed E-state index contributed by atoms with van der Waals surface area (Å²) in [5.74, 6) is -0.905. The quantitative estimate of drug-likeness (QED) is 0.686. The van der Waals surface area contributed by atoms with Gasteiger partial charge < -0.3 is 14.7 Å². The summed E-state index contributed by atoms with van der Waals surface area (Å²) in [7, 11) is 0. The summed E-state index contributed by atoms with van der Waals surface area (Å²) in [4.78, 5) is 25.4. The molecular weight excluding hydrogens is 246 g/mol. The van der Waals surface area contributed by atoms with Crippen LogP contribution in [-0.2, 0) is 14.3 Å². The zero-order chi connectivity index (χ0) is 14.3. The number of carbonyl (C=O) groups excluding carboxylic acids is 1. The van der Waals surface area contributed by atoms with E-state index in [1.54, 1.807) is 4.90 Å². The first-order chi connectivity index (χ1) is 9.08. The lowest BCUT2D eigenvalue weighted by atomic mass is 9.90. The number of likely N-dealkylation sites (tertiary alicyclic amines) is 1. The lowest BCUT2D eigenvalue weighted by molar-refractivity contribution is -0.157. The van der Waals surface area contributed by atoms with Crippen molar-refractivity contribution in [2.45, 2.75) is 57.9 Å². The fourth-order valence-electron chi connectivity index (χ4n) is 2.85. The van der Waals surface area contributed by atoms with Crippen LogP contribution in [0, 0.1) is 0 Å². The molecule has 1 unspecified atom stereocenters. The molecule has 1 heterocycles. The van der Waals surface area contributed by atoms with E-state index in [4.69, 9.17) is 4.74 Å². The first kappa shape index (κ1) is 16.0. The normalized spacial score (nSPS) is 22.7. The molecule has 19 heavy (non-hydrogen) atoms. The van der Waals surface area contributed by atoms with E-state index < -0.39 is 11.5 Å². The predicted octanol–water partition coefficient (Wildman–Crippen LogP) is 2.05. The Labute approximate surface area is 114 Å². The Kier molecular flexibility index (Phi) is 6.28. The third kappa shape index (κ3) is 3.69. The van der Waals surface area contributed by atoms with Crippen molar-refractivity contribution < 1.29 is 19.4 Å². The van der Waals surface area contributed by atoms with Gasteiger partial charge in [0.15, 0.2) is 0 Å². The van der Waals surface area contributed by atoms with Gasteiger partial charge in [-0.25, -0.2) is 4.79 Å². The van der Waals surface area contributed by atoms with Crippen LogP contribution in [0.1, 0.15) is 52.4 Å². The maximum Gasteiger partial charge on any atom is 0.329 e. The molecule has 0 aromatic rings. The van der Waals surface area contributed by atoms with Gasteiger partial charge in [0.1, 0.15) is 5.54 Å². The molecule has 5 nitrogen and oxygen atoms in total. The van der Waals surface area contributed by atoms with E-state index in [0.29, 0.717) is 45.4 Å². The molecule has 0 bridgehead atoms. The molecule has 1 aliphatic heterocycles. The molecule has 1 rings (SSSR count). The fourth-order valence-corrected chi connectivity index (χ4v) is 2.85. The molecule has 1 N–H and O–H groups in total. The van der Waals surface area contributed by atoms with Gasteiger partial charge in [-0.2, -0.15) is 0 Å². The standard InChI is InChI=1S/C14H25NO4/c1-3-8-14(13(17)18)9-6-10-15(14)12(16)7-5-11-19-4-2/h3-11H2,1-2H3,(H,17,18). The summed E-state index contributed by atoms with van der Waals surface area (Å²) in [6.45, 7) is 5.65. The van der Waals surface area contributed by atoms with Crippen LogP contribution in [0.25, 0.3) is 0 Å². The molecule has 1 saturated heterocycles. The molecule has 5 heteroatoms. The molecular formula is C14H25NO4. The number of carbonyl (C=O) groups is 2. The minimum atomic E-state index is -0.961. The van der Waals surface area contributed by atoms with Crippen LogP contribution in [0.3, 0.4) is 0 Å². The second-order valence-corrected chi connectivity index (χ2v) is 5.04. The summed E-state index contributed by atoms with van der Waals surface area (Å²) >= 11 is 0. The van der Waals surface area contributed by atoms with Crippen molar-refractivity contribution in [2.75, 3.05) is 19.8 Å². The minimum absolute atomic E-state index is 0.0481. The Morgan fingerprint density at radius 2 is 2.11 bits per heavy atom. The van der Waals surface area contributed by atoms with Gasteiger partial charge in [0.2, 0.25) is 5.91 Å². The molecule has 1 fully saturated rings. The van der Waals surface area contributed by atoms with E-state index in [1.807, 2.05) is 13.8 Å². The number of hydrogen-bond acceptors (Lipinski definition) is 3. The first-order valence-electron chi connectivity index (χ1n) is 7.20. The minimum Gasteiger partial charge on any atom is -0.479 e. The zero-order valence-corrected chi connectivity index (χ0v) is 12.0. The molecule has 110 valence electrons. The largest absolute Gasteiger partial charge is 0.479 e. The molecule has 0 aromatic carbocycles. The van der Waals surface area contributed by atoms with E-state index in [1.165, 1.54) is 0 Å². The Morgan fingerprint density at radius 1 is 1.37 bits per heavy atom. The van der Waals surface area contributed by atoms with Crippen molar-refractivity contribution >= 4 is 11.9 Å². The molecule has 0 saturated carbocycles. The second kappa shape index (κ2) is 7.48. The van der Waals surface area contributed by atoms with Crippen LogP contribution in [0.2, 0.25) is 0 Å². The smallest absolute Gasteiger partial charge is 0.329 e. The predicted molar refractivity (Wildman–Crippen MR) is 71.9 cm³/mol. The van der Waals surface area contributed by atoms with Gasteiger partial charge in [0.25, 0.3) is 0 Å². The summed E-state index contributed by atoms with van der Waals surface area (Å²) in [6.07, 6.45) is 3.70. The SMILES string of the molecule is CCCC1(C(=O)O)CCCN1C(=O)CCCOCC. The summed E-state index contributed by atoms with van der Waals surface area (Å²) in [5, 5.41) is 9.51. The molecule has 1 amide bonds. The lowest BCUT2D eigenvalue weighted by Gasteiger charge is -2.34. The average molecular weight is 271 g/mol. The number of rotatable bonds is 8. The molecule has 1 aliphatic rings. The highest BCUT2D eigenvalue weighted by molar-refractivity contribution is 5.87. The summed E-state index contributed by atoms with van der Waals surface area (Å²) < 4.78 is 5.21. The van der Waals surface area contributed by atoms with E-state index in [2.05, 4.69) is 0 Å². The summed E-state index contributed by atoms with van der Waals surface area (Å²) in [5.41, 5.74) is -0.961. The van der Waals surface area contributed by atoms with Crippen LogP contribution < -0.4 is 0 Å². The Balaban J connectivity index is 2.63. The Bertz CT molecular complexity index is 319. The van der Waals surface area contributed by atoms with Crippen molar-refractivity contribution in [1.29, 1.82) is 0 Å². The third-order valence-corrected chi connectivity index (χ3v) is 3.73. The van der Waals surface area contributed by atoms with Crippen molar-refractivity contribution in [3.05, 3.63) is 0 Å². The molecule has 0 aliphatic carbocycles. The van der Waals surface area contributed by atoms with Crippen LogP contribution in [0.5, 0.6) is 0 Å². The van der Waals surface area contributed by atoms with Gasteiger partial charge in [0, 0.05) is 26.2 Å². The van der Waals surface area contributed by atoms with E-state index in [0.717, 1.165) is 12.8 Å². The highest BCUT2D eigenvalue weighted by Gasteiger charge is 2.48. The molecule has 0 spiro atoms. The average Bonchev–Trinajstić information content (AvgIpc) is 2.80. The maximum absolute atomic E-state index is 12.2. The van der Waals surface area contributed by atoms with Crippen LogP contribution in [0.4, 0.5) is 0 Å². The Hall–Kier alpha value is -1.10. The zero-order valence-electron chi connectivity index (χ0n) is 12.0. The molecule has 0 aromatic heterocycles. The fraction of sp³-hybridized carbons (Fsp3) is 0.857. The number of hydrogen-bond donors (Lipinski definition) is 1. The number of carboxylic acid groups (broad SMARTS) is 1. The number of aliphatic carboxylic acids is 1. The van der Waals surface area contributed by atoms with Crippen molar-refractivity contribution in [2.24, 2.45) is 0 Å². The van der Waals surface area contributed by atoms with Crippen LogP contribution >= 0.6 is 0 Å². The number of amides is 1. The number of ether oxygens (including phenoxy) is 1. The van der Waals surface area contributed by atoms with Crippen molar-refractivity contribution in [1.82, 2.24) is 4.90 Å². The van der Waals surface area contributed by atoms with E-state index >= 15 is 0 Å². The monoisotopic (exact) mass is 271 g/mol. The number of nitrogens with zero attached hydrogens (tertiary/aromatic N) is 1. The molecule has 1 atom stereocenters. The van der Waals surface area contributed by atoms with Crippen molar-refractivity contribution in [3.63, 3.8) is 0 Å². The first-order valence-corrected chi connectivity index (χ1v) is 7.20. The third-order valence-electron chi connectivity index (χ3n) is 3.73. The lowest BCUT2D eigenvalue weighted by Crippen LogP contribution is -2.53. The van der Waals surface area contributed by atoms with E-state index in [9.17, 15) is 14.7 Å². The van der Waals surface area contributed by atoms with Gasteiger partial charge in [-0.15, -0.1) is 0 Å². The van der Waals surface area contributed by atoms with Crippen LogP contribution in [0.15, 0.2) is 0 Å². The highest BCUT2D eigenvalue weighted by atomic mass is 16.5. The molecule has 0 radical (unpaired) electrons. The Morgan fingerprint density at radius 3 is 2.68 bits per heavy atom. The van der Waals surface area contributed by atoms with Gasteiger partial charge in [-0.1, -0.05) is 13.3 Å². The maximum atomic E-state index is 12.2. The van der Waals surface area contributed by atoms with Gasteiger partial charge in [0.05, 0.1) is 0 Å². The highest BCUT2D eigenvalue weighted by Crippen LogP contribution is 2.34. The topological polar surface area (TPSA) is 66.8 Å². The van der Waals surface area contributed by atoms with Crippen molar-refractivity contribution in [3.8, 4) is 0 Å². The second-order valence-electron chi connectivity index (χ2n) is 5.04. The summed E-state index contributed by atoms with van der Waals surface area (Å²) in [6, 6.07) is 0. The number of carboxylic acids is 1. The van der Waals surface area contributed by atoms with Gasteiger partial charge >= 0.3 is 5.97 Å².